The SMILES string of the molecule is CC(C)n1c(C(=O)O)cc(=O)c2c(F)c(F)c(O)c(F)c21. The van der Waals surface area contributed by atoms with Gasteiger partial charge in [0.25, 0.3) is 0 Å². The number of carbonyl (C=O) groups is 1. The van der Waals surface area contributed by atoms with Crippen LogP contribution in [0.5, 0.6) is 5.75 Å². The summed E-state index contributed by atoms with van der Waals surface area (Å²) in [6.45, 7) is 2.93. The normalized spacial score (nSPS) is 11.3. The average Bonchev–Trinajstić information content (AvgIpc) is 2.40. The summed E-state index contributed by atoms with van der Waals surface area (Å²) in [5, 5.41) is 17.4. The molecular weight excluding hydrogens is 291 g/mol. The van der Waals surface area contributed by atoms with Crippen molar-refractivity contribution in [3.63, 3.8) is 0 Å². The molecule has 0 aliphatic heterocycles. The Hall–Kier alpha value is -2.51. The summed E-state index contributed by atoms with van der Waals surface area (Å²) in [6, 6.07) is -0.0955. The highest BCUT2D eigenvalue weighted by Gasteiger charge is 2.27. The molecule has 0 radical (unpaired) electrons. The Morgan fingerprint density at radius 1 is 1.19 bits per heavy atom. The summed E-state index contributed by atoms with van der Waals surface area (Å²) < 4.78 is 42.1. The van der Waals surface area contributed by atoms with Gasteiger partial charge in [-0.15, -0.1) is 0 Å². The number of fused-ring (bicyclic) bond motifs is 1. The van der Waals surface area contributed by atoms with Crippen LogP contribution in [0.2, 0.25) is 0 Å². The number of phenolic OH excluding ortho intramolecular Hbond substituents is 1. The van der Waals surface area contributed by atoms with Crippen molar-refractivity contribution in [3.8, 4) is 5.75 Å². The number of phenols is 1. The smallest absolute Gasteiger partial charge is 0.352 e. The van der Waals surface area contributed by atoms with Crippen LogP contribution in [0.15, 0.2) is 10.9 Å². The number of carboxylic acid groups (broad SMARTS) is 1. The third-order valence-electron chi connectivity index (χ3n) is 3.02. The van der Waals surface area contributed by atoms with Gasteiger partial charge >= 0.3 is 5.97 Å². The minimum Gasteiger partial charge on any atom is -0.503 e. The predicted octanol–water partition coefficient (Wildman–Crippen LogP) is 2.40. The lowest BCUT2D eigenvalue weighted by Crippen LogP contribution is -2.21. The van der Waals surface area contributed by atoms with Gasteiger partial charge in [-0.3, -0.25) is 4.79 Å². The maximum Gasteiger partial charge on any atom is 0.352 e. The lowest BCUT2D eigenvalue weighted by atomic mass is 10.1. The number of hydrogen-bond donors (Lipinski definition) is 2. The third kappa shape index (κ3) is 2.03. The number of pyridine rings is 1. The number of benzene rings is 1. The van der Waals surface area contributed by atoms with E-state index in [0.717, 1.165) is 4.57 Å². The van der Waals surface area contributed by atoms with Crippen molar-refractivity contribution in [2.24, 2.45) is 0 Å². The van der Waals surface area contributed by atoms with Gasteiger partial charge in [-0.2, -0.15) is 4.39 Å². The maximum absolute atomic E-state index is 14.1. The van der Waals surface area contributed by atoms with Crippen LogP contribution in [0.25, 0.3) is 10.9 Å². The molecule has 0 saturated carbocycles. The molecule has 2 rings (SSSR count). The summed E-state index contributed by atoms with van der Waals surface area (Å²) in [5.41, 5.74) is -2.56. The Kier molecular flexibility index (Phi) is 3.40. The zero-order valence-electron chi connectivity index (χ0n) is 10.9. The number of aromatic nitrogens is 1. The maximum atomic E-state index is 14.1. The van der Waals surface area contributed by atoms with E-state index >= 15 is 0 Å². The van der Waals surface area contributed by atoms with Gasteiger partial charge in [-0.1, -0.05) is 0 Å². The standard InChI is InChI=1S/C13H10F3NO4/c1-4(2)17-5(13(20)21)3-6(18)7-8(14)9(15)12(19)10(16)11(7)17/h3-4,19H,1-2H3,(H,20,21). The van der Waals surface area contributed by atoms with Gasteiger partial charge in [-0.05, 0) is 13.8 Å². The van der Waals surface area contributed by atoms with Crippen LogP contribution in [-0.2, 0) is 0 Å². The van der Waals surface area contributed by atoms with Gasteiger partial charge in [0.15, 0.2) is 22.8 Å². The molecule has 2 N–H and O–H groups in total. The monoisotopic (exact) mass is 301 g/mol. The predicted molar refractivity (Wildman–Crippen MR) is 67.1 cm³/mol. The molecule has 2 aromatic rings. The van der Waals surface area contributed by atoms with Crippen LogP contribution >= 0.6 is 0 Å². The van der Waals surface area contributed by atoms with Gasteiger partial charge in [0.2, 0.25) is 5.82 Å². The molecular formula is C13H10F3NO4. The highest BCUT2D eigenvalue weighted by atomic mass is 19.2. The van der Waals surface area contributed by atoms with Crippen LogP contribution in [0.1, 0.15) is 30.4 Å². The number of aromatic carboxylic acids is 1. The third-order valence-corrected chi connectivity index (χ3v) is 3.02. The molecule has 0 atom stereocenters. The number of carboxylic acids is 1. The Balaban J connectivity index is 3.23. The quantitative estimate of drug-likeness (QED) is 0.835. The van der Waals surface area contributed by atoms with E-state index in [2.05, 4.69) is 0 Å². The first-order chi connectivity index (χ1) is 9.68. The largest absolute Gasteiger partial charge is 0.503 e. The average molecular weight is 301 g/mol. The van der Waals surface area contributed by atoms with E-state index in [-0.39, 0.29) is 0 Å². The summed E-state index contributed by atoms with van der Waals surface area (Å²) in [6.07, 6.45) is 0. The molecule has 0 aliphatic rings. The first-order valence-electron chi connectivity index (χ1n) is 5.86. The topological polar surface area (TPSA) is 79.5 Å². The summed E-state index contributed by atoms with van der Waals surface area (Å²) in [5.74, 6) is -8.34. The molecule has 21 heavy (non-hydrogen) atoms. The second-order valence-corrected chi connectivity index (χ2v) is 4.68. The molecule has 112 valence electrons. The first-order valence-corrected chi connectivity index (χ1v) is 5.86. The molecule has 0 fully saturated rings. The number of rotatable bonds is 2. The molecule has 0 saturated heterocycles. The Morgan fingerprint density at radius 3 is 2.24 bits per heavy atom. The second kappa shape index (κ2) is 4.80. The summed E-state index contributed by atoms with van der Waals surface area (Å²) in [4.78, 5) is 22.9. The fourth-order valence-corrected chi connectivity index (χ4v) is 2.17. The van der Waals surface area contributed by atoms with Gasteiger partial charge in [0, 0.05) is 12.1 Å². The van der Waals surface area contributed by atoms with E-state index in [4.69, 9.17) is 5.11 Å². The van der Waals surface area contributed by atoms with Crippen LogP contribution in [0.4, 0.5) is 13.2 Å². The van der Waals surface area contributed by atoms with Crippen molar-refractivity contribution >= 4 is 16.9 Å². The van der Waals surface area contributed by atoms with E-state index in [0.29, 0.717) is 6.07 Å². The van der Waals surface area contributed by atoms with Crippen LogP contribution < -0.4 is 5.43 Å². The molecule has 1 aromatic heterocycles. The highest BCUT2D eigenvalue weighted by Crippen LogP contribution is 2.32. The summed E-state index contributed by atoms with van der Waals surface area (Å²) >= 11 is 0. The van der Waals surface area contributed by atoms with Gasteiger partial charge in [-0.25, -0.2) is 13.6 Å². The molecule has 1 heterocycles. The van der Waals surface area contributed by atoms with Gasteiger partial charge < -0.3 is 14.8 Å². The van der Waals surface area contributed by atoms with E-state index in [9.17, 15) is 27.9 Å². The zero-order valence-corrected chi connectivity index (χ0v) is 10.9. The molecule has 0 amide bonds. The van der Waals surface area contributed by atoms with Crippen LogP contribution in [0, 0.1) is 17.5 Å². The molecule has 0 aliphatic carbocycles. The first kappa shape index (κ1) is 14.9. The zero-order chi connectivity index (χ0) is 16.1. The number of halogens is 3. The van der Waals surface area contributed by atoms with Crippen molar-refractivity contribution in [3.05, 3.63) is 39.4 Å². The van der Waals surface area contributed by atoms with Crippen molar-refractivity contribution < 1.29 is 28.2 Å². The fourth-order valence-electron chi connectivity index (χ4n) is 2.17. The molecule has 1 aromatic carbocycles. The van der Waals surface area contributed by atoms with Crippen LogP contribution in [-0.4, -0.2) is 20.7 Å². The molecule has 0 spiro atoms. The second-order valence-electron chi connectivity index (χ2n) is 4.68. The number of hydrogen-bond acceptors (Lipinski definition) is 3. The Labute approximate surface area is 115 Å². The van der Waals surface area contributed by atoms with Gasteiger partial charge in [0.1, 0.15) is 5.69 Å². The molecule has 0 unspecified atom stereocenters. The minimum absolute atomic E-state index is 0.587. The summed E-state index contributed by atoms with van der Waals surface area (Å²) in [7, 11) is 0. The van der Waals surface area contributed by atoms with E-state index < -0.39 is 57.2 Å². The number of nitrogens with zero attached hydrogens (tertiary/aromatic N) is 1. The number of aromatic hydroxyl groups is 1. The van der Waals surface area contributed by atoms with Crippen molar-refractivity contribution in [1.82, 2.24) is 4.57 Å². The van der Waals surface area contributed by atoms with Gasteiger partial charge in [0.05, 0.1) is 10.9 Å². The van der Waals surface area contributed by atoms with E-state index in [1.54, 1.807) is 0 Å². The molecule has 8 heteroatoms. The highest BCUT2D eigenvalue weighted by molar-refractivity contribution is 5.91. The fraction of sp³-hybridized carbons (Fsp3) is 0.231. The van der Waals surface area contributed by atoms with Crippen LogP contribution in [0.3, 0.4) is 0 Å². The van der Waals surface area contributed by atoms with Crippen molar-refractivity contribution in [2.75, 3.05) is 0 Å². The Morgan fingerprint density at radius 2 is 1.76 bits per heavy atom. The van der Waals surface area contributed by atoms with E-state index in [1.165, 1.54) is 13.8 Å². The molecule has 5 nitrogen and oxygen atoms in total. The minimum atomic E-state index is -1.89. The lowest BCUT2D eigenvalue weighted by molar-refractivity contribution is 0.0683. The van der Waals surface area contributed by atoms with Crippen molar-refractivity contribution in [2.45, 2.75) is 19.9 Å². The molecule has 0 bridgehead atoms. The Bertz CT molecular complexity index is 827. The van der Waals surface area contributed by atoms with Crippen molar-refractivity contribution in [1.29, 1.82) is 0 Å². The van der Waals surface area contributed by atoms with E-state index in [1.807, 2.05) is 0 Å². The lowest BCUT2D eigenvalue weighted by Gasteiger charge is -2.19.